The summed E-state index contributed by atoms with van der Waals surface area (Å²) >= 11 is 12.7. The smallest absolute Gasteiger partial charge is 0.263 e. The number of halogens is 2. The van der Waals surface area contributed by atoms with Crippen LogP contribution in [0.4, 0.5) is 11.4 Å². The molecule has 2 heterocycles. The van der Waals surface area contributed by atoms with Crippen molar-refractivity contribution in [2.24, 2.45) is 0 Å². The van der Waals surface area contributed by atoms with Gasteiger partial charge in [0.15, 0.2) is 5.82 Å². The van der Waals surface area contributed by atoms with Gasteiger partial charge in [0.2, 0.25) is 10.0 Å². The molecule has 186 valence electrons. The molecule has 8 nitrogen and oxygen atoms in total. The number of nitrogens with one attached hydrogen (secondary N) is 1. The van der Waals surface area contributed by atoms with Gasteiger partial charge in [0.1, 0.15) is 4.90 Å². The molecule has 1 aromatic heterocycles. The Morgan fingerprint density at radius 2 is 1.75 bits per heavy atom. The Bertz CT molecular complexity index is 1700. The Hall–Kier alpha value is -2.92. The average Bonchev–Trinajstić information content (AvgIpc) is 2.84. The summed E-state index contributed by atoms with van der Waals surface area (Å²) in [6.45, 7) is 0.327. The number of sulfonamides is 2. The zero-order chi connectivity index (χ0) is 25.5. The van der Waals surface area contributed by atoms with Crippen molar-refractivity contribution in [1.82, 2.24) is 9.97 Å². The Morgan fingerprint density at radius 3 is 2.53 bits per heavy atom. The minimum atomic E-state index is -4.10. The fraction of sp³-hybridized carbons (Fsp3) is 0.167. The monoisotopic (exact) mass is 562 g/mol. The number of rotatable bonds is 5. The van der Waals surface area contributed by atoms with Crippen molar-refractivity contribution in [2.45, 2.75) is 17.7 Å². The molecule has 0 atom stereocenters. The van der Waals surface area contributed by atoms with E-state index >= 15 is 0 Å². The van der Waals surface area contributed by atoms with E-state index in [4.69, 9.17) is 23.2 Å². The molecule has 12 heteroatoms. The van der Waals surface area contributed by atoms with Crippen LogP contribution in [0.15, 0.2) is 71.8 Å². The lowest BCUT2D eigenvalue weighted by Gasteiger charge is -2.28. The summed E-state index contributed by atoms with van der Waals surface area (Å²) in [6.07, 6.45) is 2.99. The van der Waals surface area contributed by atoms with Crippen molar-refractivity contribution in [3.05, 3.63) is 76.9 Å². The third-order valence-electron chi connectivity index (χ3n) is 5.79. The molecule has 1 fully saturated rings. The van der Waals surface area contributed by atoms with Crippen molar-refractivity contribution in [1.29, 1.82) is 0 Å². The van der Waals surface area contributed by atoms with Gasteiger partial charge in [-0.3, -0.25) is 9.03 Å². The fourth-order valence-electron chi connectivity index (χ4n) is 4.01. The molecular formula is C24H20Cl2N4O4S2. The van der Waals surface area contributed by atoms with Crippen LogP contribution in [-0.4, -0.2) is 39.1 Å². The van der Waals surface area contributed by atoms with E-state index in [9.17, 15) is 16.8 Å². The van der Waals surface area contributed by atoms with Gasteiger partial charge in [0.05, 0.1) is 27.0 Å². The van der Waals surface area contributed by atoms with Crippen LogP contribution in [0.1, 0.15) is 12.8 Å². The highest BCUT2D eigenvalue weighted by atomic mass is 35.5. The van der Waals surface area contributed by atoms with E-state index in [2.05, 4.69) is 14.7 Å². The third kappa shape index (κ3) is 4.86. The standard InChI is InChI=1S/C24H20Cl2N4O4S2/c25-20-9-7-17(13-19(20)24-27-15-16-5-1-2-6-22(16)28-24)29-36(33,34)23-10-8-18(14-21(23)26)30-11-3-4-12-35(30,31)32/h1-2,5-10,13-15,29H,3-4,11-12H2. The van der Waals surface area contributed by atoms with Gasteiger partial charge >= 0.3 is 0 Å². The molecular weight excluding hydrogens is 543 g/mol. The van der Waals surface area contributed by atoms with E-state index in [0.29, 0.717) is 35.1 Å². The van der Waals surface area contributed by atoms with Crippen molar-refractivity contribution in [3.63, 3.8) is 0 Å². The summed E-state index contributed by atoms with van der Waals surface area (Å²) in [6, 6.07) is 16.2. The SMILES string of the molecule is O=S(=O)(Nc1ccc(Cl)c(-c2ncc3ccccc3n2)c1)c1ccc(N2CCCCS2(=O)=O)cc1Cl. The molecule has 0 unspecified atom stereocenters. The van der Waals surface area contributed by atoms with Crippen molar-refractivity contribution in [2.75, 3.05) is 21.3 Å². The van der Waals surface area contributed by atoms with Crippen LogP contribution in [0, 0.1) is 0 Å². The quantitative estimate of drug-likeness (QED) is 0.352. The molecule has 36 heavy (non-hydrogen) atoms. The molecule has 1 aliphatic heterocycles. The predicted molar refractivity (Wildman–Crippen MR) is 143 cm³/mol. The molecule has 0 aliphatic carbocycles. The van der Waals surface area contributed by atoms with Gasteiger partial charge in [-0.1, -0.05) is 41.4 Å². The van der Waals surface area contributed by atoms with Crippen molar-refractivity contribution >= 4 is 65.5 Å². The molecule has 0 amide bonds. The number of nitrogens with zero attached hydrogens (tertiary/aromatic N) is 3. The van der Waals surface area contributed by atoms with Gasteiger partial charge in [-0.05, 0) is 55.3 Å². The molecule has 5 rings (SSSR count). The van der Waals surface area contributed by atoms with Gasteiger partial charge < -0.3 is 0 Å². The third-order valence-corrected chi connectivity index (χ3v) is 9.85. The first kappa shape index (κ1) is 24.8. The van der Waals surface area contributed by atoms with Gasteiger partial charge in [0.25, 0.3) is 10.0 Å². The van der Waals surface area contributed by atoms with Crippen LogP contribution in [-0.2, 0) is 20.0 Å². The lowest BCUT2D eigenvalue weighted by Crippen LogP contribution is -2.37. The Kier molecular flexibility index (Phi) is 6.54. The highest BCUT2D eigenvalue weighted by molar-refractivity contribution is 7.93. The summed E-state index contributed by atoms with van der Waals surface area (Å²) in [5.41, 5.74) is 1.76. The molecule has 1 saturated heterocycles. The van der Waals surface area contributed by atoms with E-state index in [-0.39, 0.29) is 21.4 Å². The molecule has 0 saturated carbocycles. The highest BCUT2D eigenvalue weighted by Crippen LogP contribution is 2.33. The first-order valence-corrected chi connectivity index (χ1v) is 14.8. The van der Waals surface area contributed by atoms with Crippen LogP contribution < -0.4 is 9.03 Å². The van der Waals surface area contributed by atoms with Crippen LogP contribution in [0.25, 0.3) is 22.3 Å². The predicted octanol–water partition coefficient (Wildman–Crippen LogP) is 5.33. The van der Waals surface area contributed by atoms with Crippen molar-refractivity contribution in [3.8, 4) is 11.4 Å². The largest absolute Gasteiger partial charge is 0.280 e. The lowest BCUT2D eigenvalue weighted by molar-refractivity contribution is 0.574. The normalized spacial score (nSPS) is 15.7. The summed E-state index contributed by atoms with van der Waals surface area (Å²) in [5, 5.41) is 1.14. The molecule has 0 radical (unpaired) electrons. The van der Waals surface area contributed by atoms with Crippen LogP contribution in [0.5, 0.6) is 0 Å². The van der Waals surface area contributed by atoms with E-state index in [1.54, 1.807) is 18.3 Å². The molecule has 1 aliphatic rings. The average molecular weight is 563 g/mol. The molecule has 1 N–H and O–H groups in total. The maximum absolute atomic E-state index is 13.2. The number of fused-ring (bicyclic) bond motifs is 1. The highest BCUT2D eigenvalue weighted by Gasteiger charge is 2.28. The number of hydrogen-bond acceptors (Lipinski definition) is 6. The molecule has 3 aromatic carbocycles. The van der Waals surface area contributed by atoms with E-state index < -0.39 is 20.0 Å². The number of para-hydroxylation sites is 1. The zero-order valence-corrected chi connectivity index (χ0v) is 21.9. The second-order valence-corrected chi connectivity index (χ2v) is 12.7. The fourth-order valence-corrected chi connectivity index (χ4v) is 7.44. The maximum atomic E-state index is 13.2. The minimum Gasteiger partial charge on any atom is -0.280 e. The van der Waals surface area contributed by atoms with E-state index in [0.717, 1.165) is 17.3 Å². The number of aromatic nitrogens is 2. The second-order valence-electron chi connectivity index (χ2n) is 8.26. The lowest BCUT2D eigenvalue weighted by atomic mass is 10.1. The van der Waals surface area contributed by atoms with Gasteiger partial charge in [-0.2, -0.15) is 0 Å². The van der Waals surface area contributed by atoms with Crippen LogP contribution in [0.2, 0.25) is 10.0 Å². The van der Waals surface area contributed by atoms with Crippen LogP contribution in [0.3, 0.4) is 0 Å². The Balaban J connectivity index is 1.45. The summed E-state index contributed by atoms with van der Waals surface area (Å²) in [5.74, 6) is 0.399. The van der Waals surface area contributed by atoms with Gasteiger partial charge in [-0.15, -0.1) is 0 Å². The van der Waals surface area contributed by atoms with Gasteiger partial charge in [0, 0.05) is 29.4 Å². The molecule has 0 bridgehead atoms. The minimum absolute atomic E-state index is 0.0477. The van der Waals surface area contributed by atoms with E-state index in [1.165, 1.54) is 28.6 Å². The topological polar surface area (TPSA) is 109 Å². The second kappa shape index (κ2) is 9.51. The number of hydrogen-bond donors (Lipinski definition) is 1. The Morgan fingerprint density at radius 1 is 0.944 bits per heavy atom. The zero-order valence-electron chi connectivity index (χ0n) is 18.7. The molecule has 4 aromatic rings. The first-order valence-electron chi connectivity index (χ1n) is 11.0. The van der Waals surface area contributed by atoms with E-state index in [1.807, 2.05) is 24.3 Å². The first-order chi connectivity index (χ1) is 17.1. The molecule has 0 spiro atoms. The summed E-state index contributed by atoms with van der Waals surface area (Å²) < 4.78 is 54.9. The van der Waals surface area contributed by atoms with Crippen LogP contribution >= 0.6 is 23.2 Å². The number of anilines is 2. The Labute approximate surface area is 219 Å². The van der Waals surface area contributed by atoms with Gasteiger partial charge in [-0.25, -0.2) is 26.8 Å². The summed E-state index contributed by atoms with van der Waals surface area (Å²) in [7, 11) is -7.55. The maximum Gasteiger partial charge on any atom is 0.263 e. The summed E-state index contributed by atoms with van der Waals surface area (Å²) in [4.78, 5) is 8.72. The van der Waals surface area contributed by atoms with Crippen molar-refractivity contribution < 1.29 is 16.8 Å². The number of benzene rings is 3.